The van der Waals surface area contributed by atoms with Gasteiger partial charge < -0.3 is 1.43 Å². The van der Waals surface area contributed by atoms with E-state index in [0.29, 0.717) is 0 Å². The molecule has 8 heavy (non-hydrogen) atoms. The Morgan fingerprint density at radius 1 is 0.625 bits per heavy atom. The van der Waals surface area contributed by atoms with Crippen molar-refractivity contribution in [2.75, 3.05) is 0 Å². The van der Waals surface area contributed by atoms with Gasteiger partial charge in [0.15, 0.2) is 0 Å². The first-order valence-corrected chi connectivity index (χ1v) is 3.00. The molecule has 47 valence electrons. The van der Waals surface area contributed by atoms with Crippen LogP contribution in [0.15, 0.2) is 0 Å². The van der Waals surface area contributed by atoms with Crippen molar-refractivity contribution in [3.8, 4) is 0 Å². The third-order valence-corrected chi connectivity index (χ3v) is 0. The summed E-state index contributed by atoms with van der Waals surface area (Å²) in [5.74, 6) is 0. The minimum Gasteiger partial charge on any atom is -1.00 e. The predicted molar refractivity (Wildman–Crippen MR) is 40.9 cm³/mol. The molecule has 0 atom stereocenters. The fraction of sp³-hybridized carbons (Fsp3) is 1.00. The summed E-state index contributed by atoms with van der Waals surface area (Å²) >= 11 is 0. The molecule has 0 aromatic carbocycles. The molecule has 0 saturated heterocycles. The molecular weight excluding hydrogens is 106 g/mol. The van der Waals surface area contributed by atoms with Crippen LogP contribution in [0.1, 0.15) is 43.0 Å². The van der Waals surface area contributed by atoms with Crippen LogP contribution in [-0.4, -0.2) is 17.4 Å². The van der Waals surface area contributed by atoms with Gasteiger partial charge in [0.2, 0.25) is 0 Å². The number of hydrogen-bond donors (Lipinski definition) is 0. The standard InChI is InChI=1S/3C2H6.Al.Li.H/c3*1-2;;;/h3*1-2H3;;;/q;;;;+1;-1. The first-order chi connectivity index (χ1) is 3.00. The maximum atomic E-state index is 2.00. The minimum atomic E-state index is 0. The van der Waals surface area contributed by atoms with Crippen molar-refractivity contribution >= 4 is 17.4 Å². The van der Waals surface area contributed by atoms with Crippen LogP contribution in [0, 0.1) is 0 Å². The van der Waals surface area contributed by atoms with E-state index in [-0.39, 0.29) is 37.6 Å². The molecule has 0 rings (SSSR count). The molecule has 3 radical (unpaired) electrons. The van der Waals surface area contributed by atoms with Gasteiger partial charge in [0.05, 0.1) is 0 Å². The molecule has 0 aromatic heterocycles. The van der Waals surface area contributed by atoms with Gasteiger partial charge in [-0.25, -0.2) is 0 Å². The van der Waals surface area contributed by atoms with Gasteiger partial charge in [-0.05, 0) is 0 Å². The molecule has 0 aliphatic rings. The fourth-order valence-electron chi connectivity index (χ4n) is 0. The largest absolute Gasteiger partial charge is 1.00 e. The van der Waals surface area contributed by atoms with E-state index < -0.39 is 0 Å². The molecule has 0 N–H and O–H groups in total. The van der Waals surface area contributed by atoms with Crippen LogP contribution in [0.5, 0.6) is 0 Å². The quantitative estimate of drug-likeness (QED) is 0.394. The van der Waals surface area contributed by atoms with E-state index >= 15 is 0 Å². The Morgan fingerprint density at radius 2 is 0.625 bits per heavy atom. The fourth-order valence-corrected chi connectivity index (χ4v) is 0. The predicted octanol–water partition coefficient (Wildman–Crippen LogP) is -0.186. The van der Waals surface area contributed by atoms with Crippen LogP contribution in [0.2, 0.25) is 0 Å². The first kappa shape index (κ1) is 35.4. The maximum absolute atomic E-state index is 2.00. The van der Waals surface area contributed by atoms with Crippen molar-refractivity contribution in [3.63, 3.8) is 0 Å². The van der Waals surface area contributed by atoms with E-state index in [2.05, 4.69) is 0 Å². The Bertz CT molecular complexity index is 13.0. The van der Waals surface area contributed by atoms with Crippen LogP contribution in [0.4, 0.5) is 0 Å². The maximum Gasteiger partial charge on any atom is 1.00 e. The summed E-state index contributed by atoms with van der Waals surface area (Å²) in [6.07, 6.45) is 0. The summed E-state index contributed by atoms with van der Waals surface area (Å²) in [5, 5.41) is 0. The zero-order valence-electron chi connectivity index (χ0n) is 8.58. The first-order valence-electron chi connectivity index (χ1n) is 3.00. The normalized spacial score (nSPS) is 2.25. The Labute approximate surface area is 79.2 Å². The average molecular weight is 125 g/mol. The molecule has 0 heterocycles. The molecule has 0 fully saturated rings. The SMILES string of the molecule is CC.CC.CC.[Al].[H-].[Li+]. The second kappa shape index (κ2) is 324. The third kappa shape index (κ3) is 210. The van der Waals surface area contributed by atoms with E-state index in [0.717, 1.165) is 0 Å². The molecule has 0 aliphatic carbocycles. The zero-order chi connectivity index (χ0) is 6.00. The monoisotopic (exact) mass is 125 g/mol. The summed E-state index contributed by atoms with van der Waals surface area (Å²) in [5.41, 5.74) is 0. The minimum absolute atomic E-state index is 0. The second-order valence-electron chi connectivity index (χ2n) is 0. The molecule has 0 nitrogen and oxygen atoms in total. The van der Waals surface area contributed by atoms with Gasteiger partial charge in [0.25, 0.3) is 0 Å². The molecule has 0 bridgehead atoms. The summed E-state index contributed by atoms with van der Waals surface area (Å²) in [7, 11) is 0. The van der Waals surface area contributed by atoms with Crippen LogP contribution in [-0.2, 0) is 0 Å². The second-order valence-corrected chi connectivity index (χ2v) is 0. The van der Waals surface area contributed by atoms with E-state index in [1.165, 1.54) is 0 Å². The Hall–Kier alpha value is 1.13. The molecule has 2 heteroatoms. The van der Waals surface area contributed by atoms with Crippen molar-refractivity contribution in [3.05, 3.63) is 0 Å². The molecule has 0 aliphatic heterocycles. The van der Waals surface area contributed by atoms with Crippen LogP contribution in [0.3, 0.4) is 0 Å². The molecule has 0 saturated carbocycles. The third-order valence-electron chi connectivity index (χ3n) is 0. The van der Waals surface area contributed by atoms with Crippen LogP contribution in [0.25, 0.3) is 0 Å². The smallest absolute Gasteiger partial charge is 1.00 e. The molecule has 0 aromatic rings. The summed E-state index contributed by atoms with van der Waals surface area (Å²) < 4.78 is 0. The van der Waals surface area contributed by atoms with Crippen molar-refractivity contribution in [1.29, 1.82) is 0 Å². The van der Waals surface area contributed by atoms with Gasteiger partial charge in [-0.15, -0.1) is 0 Å². The van der Waals surface area contributed by atoms with Crippen molar-refractivity contribution < 1.29 is 20.3 Å². The molecule has 0 amide bonds. The van der Waals surface area contributed by atoms with E-state index in [1.54, 1.807) is 0 Å². The molecular formula is C6H19AlLi. The van der Waals surface area contributed by atoms with Crippen molar-refractivity contribution in [2.24, 2.45) is 0 Å². The topological polar surface area (TPSA) is 0 Å². The van der Waals surface area contributed by atoms with Crippen molar-refractivity contribution in [1.82, 2.24) is 0 Å². The Balaban J connectivity index is -0.00000000321. The average Bonchev–Trinajstić information content (AvgIpc) is 1.81. The van der Waals surface area contributed by atoms with Gasteiger partial charge in [0.1, 0.15) is 0 Å². The van der Waals surface area contributed by atoms with E-state index in [9.17, 15) is 0 Å². The van der Waals surface area contributed by atoms with Crippen LogP contribution >= 0.6 is 0 Å². The molecule has 0 spiro atoms. The van der Waals surface area contributed by atoms with E-state index in [1.807, 2.05) is 41.5 Å². The van der Waals surface area contributed by atoms with Gasteiger partial charge in [-0.1, -0.05) is 41.5 Å². The number of hydrogen-bond acceptors (Lipinski definition) is 0. The van der Waals surface area contributed by atoms with Crippen LogP contribution < -0.4 is 18.9 Å². The van der Waals surface area contributed by atoms with Gasteiger partial charge in [-0.2, -0.15) is 0 Å². The molecule has 0 unspecified atom stereocenters. The summed E-state index contributed by atoms with van der Waals surface area (Å²) in [6.45, 7) is 12.0. The van der Waals surface area contributed by atoms with Gasteiger partial charge >= 0.3 is 18.9 Å². The zero-order valence-corrected chi connectivity index (χ0v) is 8.73. The summed E-state index contributed by atoms with van der Waals surface area (Å²) in [6, 6.07) is 0. The number of rotatable bonds is 0. The Kier molecular flexibility index (Phi) is 1430. The van der Waals surface area contributed by atoms with Gasteiger partial charge in [-0.3, -0.25) is 0 Å². The van der Waals surface area contributed by atoms with Gasteiger partial charge in [0, 0.05) is 17.4 Å². The summed E-state index contributed by atoms with van der Waals surface area (Å²) in [4.78, 5) is 0. The Morgan fingerprint density at radius 3 is 0.625 bits per heavy atom. The van der Waals surface area contributed by atoms with E-state index in [4.69, 9.17) is 0 Å². The van der Waals surface area contributed by atoms with Crippen molar-refractivity contribution in [2.45, 2.75) is 41.5 Å².